The molecule has 6 heteroatoms. The van der Waals surface area contributed by atoms with Crippen LogP contribution in [-0.4, -0.2) is 26.6 Å². The van der Waals surface area contributed by atoms with Gasteiger partial charge in [0.2, 0.25) is 15.9 Å². The summed E-state index contributed by atoms with van der Waals surface area (Å²) in [5.74, 6) is -0.485. The van der Waals surface area contributed by atoms with Crippen molar-refractivity contribution in [3.63, 3.8) is 0 Å². The monoisotopic (exact) mass is 270 g/mol. The molecule has 0 saturated heterocycles. The molecule has 0 bridgehead atoms. The van der Waals surface area contributed by atoms with E-state index < -0.39 is 15.4 Å². The predicted octanol–water partition coefficient (Wildman–Crippen LogP) is 0.369. The molecule has 100 valence electrons. The number of benzene rings is 1. The lowest BCUT2D eigenvalue weighted by atomic mass is 9.84. The first-order valence-electron chi connectivity index (χ1n) is 5.58. The maximum atomic E-state index is 12.0. The number of primary sulfonamides is 1. The molecule has 0 aliphatic carbocycles. The van der Waals surface area contributed by atoms with E-state index in [2.05, 4.69) is 5.32 Å². The van der Waals surface area contributed by atoms with Crippen molar-refractivity contribution in [2.24, 2.45) is 5.14 Å². The molecule has 18 heavy (non-hydrogen) atoms. The van der Waals surface area contributed by atoms with Gasteiger partial charge in [-0.15, -0.1) is 0 Å². The molecule has 5 nitrogen and oxygen atoms in total. The Kier molecular flexibility index (Phi) is 4.48. The Bertz CT molecular complexity index is 509. The molecule has 0 aromatic heterocycles. The molecule has 0 aliphatic rings. The molecule has 0 heterocycles. The molecule has 0 aliphatic heterocycles. The van der Waals surface area contributed by atoms with E-state index in [1.54, 1.807) is 13.8 Å². The van der Waals surface area contributed by atoms with E-state index >= 15 is 0 Å². The van der Waals surface area contributed by atoms with E-state index in [-0.39, 0.29) is 18.2 Å². The van der Waals surface area contributed by atoms with Crippen molar-refractivity contribution in [2.45, 2.75) is 19.3 Å². The van der Waals surface area contributed by atoms with Gasteiger partial charge >= 0.3 is 0 Å². The summed E-state index contributed by atoms with van der Waals surface area (Å²) in [7, 11) is -3.54. The smallest absolute Gasteiger partial charge is 0.230 e. The summed E-state index contributed by atoms with van der Waals surface area (Å²) in [4.78, 5) is 12.0. The zero-order valence-corrected chi connectivity index (χ0v) is 11.3. The van der Waals surface area contributed by atoms with Gasteiger partial charge in [-0.1, -0.05) is 30.3 Å². The summed E-state index contributed by atoms with van der Waals surface area (Å²) in [6.45, 7) is 3.59. The second-order valence-electron chi connectivity index (χ2n) is 4.61. The van der Waals surface area contributed by atoms with Gasteiger partial charge in [0.15, 0.2) is 0 Å². The number of hydrogen-bond donors (Lipinski definition) is 2. The van der Waals surface area contributed by atoms with Gasteiger partial charge in [0, 0.05) is 6.54 Å². The van der Waals surface area contributed by atoms with Crippen molar-refractivity contribution in [3.8, 4) is 0 Å². The first-order chi connectivity index (χ1) is 8.23. The van der Waals surface area contributed by atoms with Gasteiger partial charge in [0.25, 0.3) is 0 Å². The van der Waals surface area contributed by atoms with Crippen LogP contribution in [0.3, 0.4) is 0 Å². The largest absolute Gasteiger partial charge is 0.354 e. The van der Waals surface area contributed by atoms with E-state index in [1.807, 2.05) is 30.3 Å². The summed E-state index contributed by atoms with van der Waals surface area (Å²) in [5.41, 5.74) is 0.165. The van der Waals surface area contributed by atoms with Crippen molar-refractivity contribution in [1.82, 2.24) is 5.32 Å². The molecule has 1 aromatic carbocycles. The summed E-state index contributed by atoms with van der Waals surface area (Å²) in [5, 5.41) is 7.44. The van der Waals surface area contributed by atoms with E-state index in [0.717, 1.165) is 5.56 Å². The molecule has 0 spiro atoms. The third-order valence-electron chi connectivity index (χ3n) is 2.74. The van der Waals surface area contributed by atoms with Gasteiger partial charge in [-0.2, -0.15) is 0 Å². The van der Waals surface area contributed by atoms with Crippen LogP contribution in [0.25, 0.3) is 0 Å². The number of nitrogens with one attached hydrogen (secondary N) is 1. The summed E-state index contributed by atoms with van der Waals surface area (Å²) in [6.07, 6.45) is 0. The van der Waals surface area contributed by atoms with Gasteiger partial charge in [0.1, 0.15) is 0 Å². The highest BCUT2D eigenvalue weighted by Crippen LogP contribution is 2.22. The van der Waals surface area contributed by atoms with Crippen LogP contribution < -0.4 is 10.5 Å². The zero-order chi connectivity index (χ0) is 13.8. The third kappa shape index (κ3) is 4.12. The Labute approximate surface area is 107 Å². The van der Waals surface area contributed by atoms with Crippen LogP contribution in [0.5, 0.6) is 0 Å². The van der Waals surface area contributed by atoms with Crippen molar-refractivity contribution in [3.05, 3.63) is 35.9 Å². The Morgan fingerprint density at radius 2 is 1.83 bits per heavy atom. The van der Waals surface area contributed by atoms with Crippen molar-refractivity contribution in [2.75, 3.05) is 12.3 Å². The highest BCUT2D eigenvalue weighted by molar-refractivity contribution is 7.89. The summed E-state index contributed by atoms with van der Waals surface area (Å²) in [6, 6.07) is 9.31. The predicted molar refractivity (Wildman–Crippen MR) is 70.5 cm³/mol. The van der Waals surface area contributed by atoms with Crippen LogP contribution in [0, 0.1) is 0 Å². The maximum Gasteiger partial charge on any atom is 0.230 e. The quantitative estimate of drug-likeness (QED) is 0.810. The molecule has 0 saturated carbocycles. The van der Waals surface area contributed by atoms with E-state index in [4.69, 9.17) is 5.14 Å². The van der Waals surface area contributed by atoms with Crippen molar-refractivity contribution in [1.29, 1.82) is 0 Å². The van der Waals surface area contributed by atoms with Crippen LogP contribution in [0.15, 0.2) is 30.3 Å². The molecule has 0 unspecified atom stereocenters. The molecule has 0 atom stereocenters. The van der Waals surface area contributed by atoms with Gasteiger partial charge in [0.05, 0.1) is 11.2 Å². The zero-order valence-electron chi connectivity index (χ0n) is 10.5. The lowest BCUT2D eigenvalue weighted by Crippen LogP contribution is -2.42. The highest BCUT2D eigenvalue weighted by Gasteiger charge is 2.29. The minimum Gasteiger partial charge on any atom is -0.354 e. The van der Waals surface area contributed by atoms with Crippen molar-refractivity contribution >= 4 is 15.9 Å². The molecular weight excluding hydrogens is 252 g/mol. The SMILES string of the molecule is CC(C)(C(=O)NCCS(N)(=O)=O)c1ccccc1. The van der Waals surface area contributed by atoms with Gasteiger partial charge < -0.3 is 5.32 Å². The van der Waals surface area contributed by atoms with E-state index in [9.17, 15) is 13.2 Å². The highest BCUT2D eigenvalue weighted by atomic mass is 32.2. The average Bonchev–Trinajstić information content (AvgIpc) is 2.28. The third-order valence-corrected chi connectivity index (χ3v) is 3.51. The first kappa shape index (κ1) is 14.7. The fourth-order valence-electron chi connectivity index (χ4n) is 1.51. The Morgan fingerprint density at radius 3 is 2.33 bits per heavy atom. The molecule has 1 amide bonds. The standard InChI is InChI=1S/C12H18N2O3S/c1-12(2,10-6-4-3-5-7-10)11(15)14-8-9-18(13,16)17/h3-7H,8-9H2,1-2H3,(H,14,15)(H2,13,16,17). The normalized spacial score (nSPS) is 12.2. The number of carbonyl (C=O) groups excluding carboxylic acids is 1. The number of rotatable bonds is 5. The number of sulfonamides is 1. The maximum absolute atomic E-state index is 12.0. The first-order valence-corrected chi connectivity index (χ1v) is 7.29. The average molecular weight is 270 g/mol. The van der Waals surface area contributed by atoms with Crippen LogP contribution >= 0.6 is 0 Å². The summed E-state index contributed by atoms with van der Waals surface area (Å²) < 4.78 is 21.5. The minimum absolute atomic E-state index is 0.0218. The van der Waals surface area contributed by atoms with E-state index in [1.165, 1.54) is 0 Å². The van der Waals surface area contributed by atoms with Gasteiger partial charge in [-0.25, -0.2) is 13.6 Å². The second-order valence-corrected chi connectivity index (χ2v) is 6.35. The lowest BCUT2D eigenvalue weighted by molar-refractivity contribution is -0.125. The molecular formula is C12H18N2O3S. The van der Waals surface area contributed by atoms with Crippen LogP contribution in [0.2, 0.25) is 0 Å². The van der Waals surface area contributed by atoms with E-state index in [0.29, 0.717) is 0 Å². The number of carbonyl (C=O) groups is 1. The van der Waals surface area contributed by atoms with Crippen molar-refractivity contribution < 1.29 is 13.2 Å². The topological polar surface area (TPSA) is 89.3 Å². The van der Waals surface area contributed by atoms with Crippen LogP contribution in [-0.2, 0) is 20.2 Å². The van der Waals surface area contributed by atoms with Crippen LogP contribution in [0.4, 0.5) is 0 Å². The lowest BCUT2D eigenvalue weighted by Gasteiger charge is -2.24. The molecule has 0 radical (unpaired) electrons. The second kappa shape index (κ2) is 5.49. The fourth-order valence-corrected chi connectivity index (χ4v) is 1.90. The number of hydrogen-bond acceptors (Lipinski definition) is 3. The Hall–Kier alpha value is -1.40. The fraction of sp³-hybridized carbons (Fsp3) is 0.417. The Balaban J connectivity index is 2.66. The van der Waals surface area contributed by atoms with Crippen LogP contribution in [0.1, 0.15) is 19.4 Å². The Morgan fingerprint density at radius 1 is 1.28 bits per heavy atom. The number of nitrogens with two attached hydrogens (primary N) is 1. The molecule has 3 N–H and O–H groups in total. The minimum atomic E-state index is -3.54. The molecule has 1 rings (SSSR count). The number of amides is 1. The van der Waals surface area contributed by atoms with Gasteiger partial charge in [-0.05, 0) is 19.4 Å². The summed E-state index contributed by atoms with van der Waals surface area (Å²) >= 11 is 0. The molecule has 1 aromatic rings. The molecule has 0 fully saturated rings. The van der Waals surface area contributed by atoms with Gasteiger partial charge in [-0.3, -0.25) is 4.79 Å².